The highest BCUT2D eigenvalue weighted by Gasteiger charge is 2.26. The van der Waals surface area contributed by atoms with Gasteiger partial charge in [-0.2, -0.15) is 0 Å². The quantitative estimate of drug-likeness (QED) is 0.451. The van der Waals surface area contributed by atoms with Gasteiger partial charge in [-0.1, -0.05) is 30.3 Å². The van der Waals surface area contributed by atoms with Crippen LogP contribution < -0.4 is 14.8 Å². The number of halogens is 1. The predicted molar refractivity (Wildman–Crippen MR) is 130 cm³/mol. The van der Waals surface area contributed by atoms with Crippen molar-refractivity contribution in [2.75, 3.05) is 31.6 Å². The van der Waals surface area contributed by atoms with E-state index in [1.54, 1.807) is 30.5 Å². The van der Waals surface area contributed by atoms with Crippen molar-refractivity contribution in [1.29, 1.82) is 0 Å². The molecule has 0 bridgehead atoms. The van der Waals surface area contributed by atoms with Gasteiger partial charge in [-0.3, -0.25) is 9.69 Å². The van der Waals surface area contributed by atoms with Crippen LogP contribution in [-0.2, 0) is 0 Å². The van der Waals surface area contributed by atoms with E-state index in [-0.39, 0.29) is 18.6 Å². The number of carbonyl (C=O) groups is 1. The topological polar surface area (TPSA) is 83.9 Å². The SMILES string of the molecule is O=C(Nc1ccccc1OCC(O)CN1CCC(Oc2ccc(Br)cn2)C1)c1ccccc1. The van der Waals surface area contributed by atoms with E-state index in [0.717, 1.165) is 24.0 Å². The highest BCUT2D eigenvalue weighted by Crippen LogP contribution is 2.25. The van der Waals surface area contributed by atoms with Crippen molar-refractivity contribution >= 4 is 27.5 Å². The number of aliphatic hydroxyl groups excluding tert-OH is 1. The van der Waals surface area contributed by atoms with Gasteiger partial charge in [0.1, 0.15) is 24.6 Å². The summed E-state index contributed by atoms with van der Waals surface area (Å²) in [6, 6.07) is 20.0. The average Bonchev–Trinajstić information content (AvgIpc) is 3.27. The maximum atomic E-state index is 12.5. The Morgan fingerprint density at radius 2 is 1.94 bits per heavy atom. The molecule has 7 nitrogen and oxygen atoms in total. The standard InChI is InChI=1S/C25H26BrN3O4/c26-19-10-11-24(27-14-19)33-21-12-13-29(16-21)15-20(30)17-32-23-9-5-4-8-22(23)28-25(31)18-6-2-1-3-7-18/h1-11,14,20-21,30H,12-13,15-17H2,(H,28,31). The minimum absolute atomic E-state index is 0.0423. The van der Waals surface area contributed by atoms with Gasteiger partial charge in [0.15, 0.2) is 0 Å². The van der Waals surface area contributed by atoms with Crippen LogP contribution in [0.4, 0.5) is 5.69 Å². The lowest BCUT2D eigenvalue weighted by molar-refractivity contribution is 0.0720. The molecule has 8 heteroatoms. The Hall–Kier alpha value is -2.94. The number of hydrogen-bond acceptors (Lipinski definition) is 6. The van der Waals surface area contributed by atoms with E-state index in [2.05, 4.69) is 31.1 Å². The van der Waals surface area contributed by atoms with Crippen LogP contribution >= 0.6 is 15.9 Å². The minimum atomic E-state index is -0.674. The van der Waals surface area contributed by atoms with Crippen molar-refractivity contribution in [3.05, 3.63) is 83.0 Å². The molecule has 2 aromatic carbocycles. The molecule has 2 heterocycles. The Kier molecular flexibility index (Phi) is 7.93. The first-order valence-electron chi connectivity index (χ1n) is 10.8. The summed E-state index contributed by atoms with van der Waals surface area (Å²) >= 11 is 3.37. The molecule has 0 saturated carbocycles. The van der Waals surface area contributed by atoms with Crippen LogP contribution in [-0.4, -0.2) is 59.3 Å². The number of nitrogens with zero attached hydrogens (tertiary/aromatic N) is 2. The fraction of sp³-hybridized carbons (Fsp3) is 0.280. The second kappa shape index (κ2) is 11.3. The molecule has 4 rings (SSSR count). The lowest BCUT2D eigenvalue weighted by atomic mass is 10.2. The normalized spacial score (nSPS) is 16.8. The largest absolute Gasteiger partial charge is 0.489 e. The lowest BCUT2D eigenvalue weighted by Gasteiger charge is -2.21. The molecule has 1 aliphatic heterocycles. The van der Waals surface area contributed by atoms with E-state index >= 15 is 0 Å². The Morgan fingerprint density at radius 3 is 2.73 bits per heavy atom. The minimum Gasteiger partial charge on any atom is -0.489 e. The summed E-state index contributed by atoms with van der Waals surface area (Å²) in [6.07, 6.45) is 1.95. The molecule has 3 aromatic rings. The van der Waals surface area contributed by atoms with E-state index in [0.29, 0.717) is 29.4 Å². The van der Waals surface area contributed by atoms with E-state index in [1.165, 1.54) is 0 Å². The number of hydrogen-bond donors (Lipinski definition) is 2. The number of para-hydroxylation sites is 2. The number of aliphatic hydroxyl groups is 1. The van der Waals surface area contributed by atoms with E-state index in [9.17, 15) is 9.90 Å². The van der Waals surface area contributed by atoms with Crippen molar-refractivity contribution in [2.45, 2.75) is 18.6 Å². The third-order valence-electron chi connectivity index (χ3n) is 5.29. The fourth-order valence-corrected chi connectivity index (χ4v) is 3.91. The van der Waals surface area contributed by atoms with Crippen LogP contribution in [0, 0.1) is 0 Å². The molecule has 0 spiro atoms. The van der Waals surface area contributed by atoms with Crippen molar-refractivity contribution in [3.8, 4) is 11.6 Å². The molecule has 2 N–H and O–H groups in total. The zero-order chi connectivity index (χ0) is 23.0. The molecule has 1 aromatic heterocycles. The number of aromatic nitrogens is 1. The number of anilines is 1. The zero-order valence-corrected chi connectivity index (χ0v) is 19.6. The monoisotopic (exact) mass is 511 g/mol. The van der Waals surface area contributed by atoms with E-state index in [4.69, 9.17) is 9.47 Å². The Balaban J connectivity index is 1.25. The third kappa shape index (κ3) is 6.77. The summed E-state index contributed by atoms with van der Waals surface area (Å²) in [5.74, 6) is 0.906. The van der Waals surface area contributed by atoms with Crippen LogP contribution in [0.2, 0.25) is 0 Å². The summed E-state index contributed by atoms with van der Waals surface area (Å²) in [7, 11) is 0. The lowest BCUT2D eigenvalue weighted by Crippen LogP contribution is -2.35. The molecule has 2 unspecified atom stereocenters. The third-order valence-corrected chi connectivity index (χ3v) is 5.76. The van der Waals surface area contributed by atoms with E-state index in [1.807, 2.05) is 42.5 Å². The fourth-order valence-electron chi connectivity index (χ4n) is 3.68. The van der Waals surface area contributed by atoms with Gasteiger partial charge in [0.2, 0.25) is 5.88 Å². The summed E-state index contributed by atoms with van der Waals surface area (Å²) in [4.78, 5) is 18.9. The number of likely N-dealkylation sites (tertiary alicyclic amines) is 1. The number of amides is 1. The van der Waals surface area contributed by atoms with Crippen molar-refractivity contribution in [2.24, 2.45) is 0 Å². The predicted octanol–water partition coefficient (Wildman–Crippen LogP) is 3.99. The van der Waals surface area contributed by atoms with Crippen molar-refractivity contribution < 1.29 is 19.4 Å². The summed E-state index contributed by atoms with van der Waals surface area (Å²) in [6.45, 7) is 2.15. The maximum Gasteiger partial charge on any atom is 0.255 e. The van der Waals surface area contributed by atoms with Gasteiger partial charge in [-0.15, -0.1) is 0 Å². The second-order valence-corrected chi connectivity index (χ2v) is 8.80. The van der Waals surface area contributed by atoms with E-state index < -0.39 is 6.10 Å². The van der Waals surface area contributed by atoms with Crippen molar-refractivity contribution in [3.63, 3.8) is 0 Å². The smallest absolute Gasteiger partial charge is 0.255 e. The van der Waals surface area contributed by atoms with Gasteiger partial charge in [0.25, 0.3) is 5.91 Å². The Bertz CT molecular complexity index is 1050. The molecule has 1 fully saturated rings. The molecular formula is C25H26BrN3O4. The number of pyridine rings is 1. The van der Waals surface area contributed by atoms with Gasteiger partial charge in [-0.05, 0) is 52.7 Å². The van der Waals surface area contributed by atoms with Gasteiger partial charge in [0.05, 0.1) is 5.69 Å². The molecule has 2 atom stereocenters. The Morgan fingerprint density at radius 1 is 1.15 bits per heavy atom. The van der Waals surface area contributed by atoms with Crippen LogP contribution in [0.1, 0.15) is 16.8 Å². The zero-order valence-electron chi connectivity index (χ0n) is 18.1. The molecule has 0 radical (unpaired) electrons. The number of β-amino-alcohol motifs (C(OH)–C–C–N with tert-alkyl or cyclic N) is 1. The first-order chi connectivity index (χ1) is 16.1. The maximum absolute atomic E-state index is 12.5. The number of benzene rings is 2. The van der Waals surface area contributed by atoms with Crippen molar-refractivity contribution in [1.82, 2.24) is 9.88 Å². The Labute approximate surface area is 201 Å². The van der Waals surface area contributed by atoms with Gasteiger partial charge >= 0.3 is 0 Å². The van der Waals surface area contributed by atoms with Crippen LogP contribution in [0.5, 0.6) is 11.6 Å². The van der Waals surface area contributed by atoms with Crippen LogP contribution in [0.15, 0.2) is 77.4 Å². The van der Waals surface area contributed by atoms with Gasteiger partial charge in [-0.25, -0.2) is 4.98 Å². The molecular weight excluding hydrogens is 486 g/mol. The number of nitrogens with one attached hydrogen (secondary N) is 1. The molecule has 1 saturated heterocycles. The molecule has 0 aliphatic carbocycles. The second-order valence-electron chi connectivity index (χ2n) is 7.88. The summed E-state index contributed by atoms with van der Waals surface area (Å²) in [5, 5.41) is 13.4. The molecule has 1 amide bonds. The summed E-state index contributed by atoms with van der Waals surface area (Å²) < 4.78 is 12.7. The van der Waals surface area contributed by atoms with Gasteiger partial charge < -0.3 is 19.9 Å². The average molecular weight is 512 g/mol. The highest BCUT2D eigenvalue weighted by molar-refractivity contribution is 9.10. The highest BCUT2D eigenvalue weighted by atomic mass is 79.9. The number of rotatable bonds is 9. The number of ether oxygens (including phenoxy) is 2. The van der Waals surface area contributed by atoms with Crippen LogP contribution in [0.3, 0.4) is 0 Å². The molecule has 1 aliphatic rings. The van der Waals surface area contributed by atoms with Gasteiger partial charge in [0, 0.05) is 41.9 Å². The van der Waals surface area contributed by atoms with Crippen LogP contribution in [0.25, 0.3) is 0 Å². The first kappa shape index (κ1) is 23.2. The molecule has 172 valence electrons. The summed E-state index contributed by atoms with van der Waals surface area (Å²) in [5.41, 5.74) is 1.13. The first-order valence-corrected chi connectivity index (χ1v) is 11.6. The number of carbonyl (C=O) groups excluding carboxylic acids is 1. The molecule has 33 heavy (non-hydrogen) atoms.